The van der Waals surface area contributed by atoms with E-state index in [-0.39, 0.29) is 17.3 Å². The number of hydrogen-bond acceptors (Lipinski definition) is 6. The largest absolute Gasteiger partial charge is 0.469 e. The third kappa shape index (κ3) is 4.24. The molecular formula is C13H12ClN3O3S. The van der Waals surface area contributed by atoms with E-state index >= 15 is 0 Å². The predicted molar refractivity (Wildman–Crippen MR) is 78.2 cm³/mol. The first-order chi connectivity index (χ1) is 10.1. The zero-order valence-electron chi connectivity index (χ0n) is 11.1. The smallest absolute Gasteiger partial charge is 0.307 e. The summed E-state index contributed by atoms with van der Waals surface area (Å²) < 4.78 is 4.65. The topological polar surface area (TPSA) is 81.2 Å². The van der Waals surface area contributed by atoms with Crippen LogP contribution in [0.1, 0.15) is 27.8 Å². The molecule has 0 bridgehead atoms. The van der Waals surface area contributed by atoms with E-state index in [1.165, 1.54) is 30.8 Å². The summed E-state index contributed by atoms with van der Waals surface area (Å²) in [6.07, 6.45) is 2.61. The highest BCUT2D eigenvalue weighted by Crippen LogP contribution is 2.22. The minimum Gasteiger partial charge on any atom is -0.469 e. The zero-order chi connectivity index (χ0) is 15.2. The highest BCUT2D eigenvalue weighted by Gasteiger charge is 2.21. The minimum atomic E-state index is -0.470. The first kappa shape index (κ1) is 15.4. The average Bonchev–Trinajstić information content (AvgIpc) is 3.01. The SMILES string of the molecule is COC(=O)CC(NC(=O)c1cnc(Cl)cn1)c1cccs1. The molecule has 2 rings (SSSR count). The molecule has 0 aromatic carbocycles. The lowest BCUT2D eigenvalue weighted by Crippen LogP contribution is -2.30. The lowest BCUT2D eigenvalue weighted by atomic mass is 10.1. The van der Waals surface area contributed by atoms with Crippen LogP contribution < -0.4 is 5.32 Å². The first-order valence-electron chi connectivity index (χ1n) is 5.98. The van der Waals surface area contributed by atoms with Crippen LogP contribution in [-0.4, -0.2) is 29.0 Å². The number of amides is 1. The van der Waals surface area contributed by atoms with Crippen LogP contribution in [-0.2, 0) is 9.53 Å². The first-order valence-corrected chi connectivity index (χ1v) is 7.24. The number of ether oxygens (including phenoxy) is 1. The molecule has 1 unspecified atom stereocenters. The van der Waals surface area contributed by atoms with Gasteiger partial charge in [-0.2, -0.15) is 0 Å². The van der Waals surface area contributed by atoms with Crippen molar-refractivity contribution in [3.8, 4) is 0 Å². The van der Waals surface area contributed by atoms with Gasteiger partial charge in [0, 0.05) is 4.88 Å². The van der Waals surface area contributed by atoms with E-state index in [2.05, 4.69) is 20.0 Å². The van der Waals surface area contributed by atoms with Gasteiger partial charge in [-0.05, 0) is 11.4 Å². The number of thiophene rings is 1. The fraction of sp³-hybridized carbons (Fsp3) is 0.231. The second kappa shape index (κ2) is 7.14. The number of nitrogens with zero attached hydrogens (tertiary/aromatic N) is 2. The van der Waals surface area contributed by atoms with Crippen LogP contribution >= 0.6 is 22.9 Å². The maximum absolute atomic E-state index is 12.1. The Hall–Kier alpha value is -1.99. The fourth-order valence-corrected chi connectivity index (χ4v) is 2.50. The van der Waals surface area contributed by atoms with Gasteiger partial charge in [-0.25, -0.2) is 9.97 Å². The Morgan fingerprint density at radius 3 is 2.81 bits per heavy atom. The van der Waals surface area contributed by atoms with Crippen molar-refractivity contribution in [3.63, 3.8) is 0 Å². The summed E-state index contributed by atoms with van der Waals surface area (Å²) in [4.78, 5) is 32.1. The summed E-state index contributed by atoms with van der Waals surface area (Å²) in [5, 5.41) is 4.82. The van der Waals surface area contributed by atoms with Crippen LogP contribution in [0.2, 0.25) is 5.15 Å². The van der Waals surface area contributed by atoms with Crippen LogP contribution in [0.5, 0.6) is 0 Å². The van der Waals surface area contributed by atoms with E-state index in [4.69, 9.17) is 11.6 Å². The van der Waals surface area contributed by atoms with E-state index in [1.54, 1.807) is 0 Å². The predicted octanol–water partition coefficient (Wildman–Crippen LogP) is 2.23. The fourth-order valence-electron chi connectivity index (χ4n) is 1.62. The number of methoxy groups -OCH3 is 1. The third-order valence-electron chi connectivity index (χ3n) is 2.64. The van der Waals surface area contributed by atoms with Gasteiger partial charge in [0.2, 0.25) is 0 Å². The van der Waals surface area contributed by atoms with E-state index in [0.29, 0.717) is 0 Å². The quantitative estimate of drug-likeness (QED) is 0.852. The summed E-state index contributed by atoms with van der Waals surface area (Å²) in [5.74, 6) is -0.836. The molecule has 6 nitrogen and oxygen atoms in total. The Morgan fingerprint density at radius 1 is 1.43 bits per heavy atom. The normalized spacial score (nSPS) is 11.7. The Labute approximate surface area is 130 Å². The molecule has 2 aromatic heterocycles. The van der Waals surface area contributed by atoms with Crippen LogP contribution in [0.25, 0.3) is 0 Å². The molecular weight excluding hydrogens is 314 g/mol. The minimum absolute atomic E-state index is 0.0454. The molecule has 0 saturated carbocycles. The lowest BCUT2D eigenvalue weighted by Gasteiger charge is -2.16. The number of aromatic nitrogens is 2. The molecule has 21 heavy (non-hydrogen) atoms. The Bertz CT molecular complexity index is 616. The molecule has 0 aliphatic carbocycles. The lowest BCUT2D eigenvalue weighted by molar-refractivity contribution is -0.141. The molecule has 2 heterocycles. The standard InChI is InChI=1S/C13H12ClN3O3S/c1-20-12(18)5-8(10-3-2-4-21-10)17-13(19)9-6-16-11(14)7-15-9/h2-4,6-8H,5H2,1H3,(H,17,19). The Morgan fingerprint density at radius 2 is 2.24 bits per heavy atom. The van der Waals surface area contributed by atoms with Crippen LogP contribution in [0, 0.1) is 0 Å². The summed E-state index contributed by atoms with van der Waals surface area (Å²) in [5.41, 5.74) is 0.130. The van der Waals surface area contributed by atoms with Gasteiger partial charge < -0.3 is 10.1 Å². The number of nitrogens with one attached hydrogen (secondary N) is 1. The van der Waals surface area contributed by atoms with Gasteiger partial charge in [0.05, 0.1) is 32.0 Å². The summed E-state index contributed by atoms with van der Waals surface area (Å²) >= 11 is 7.07. The van der Waals surface area contributed by atoms with Gasteiger partial charge in [0.15, 0.2) is 0 Å². The van der Waals surface area contributed by atoms with Crippen LogP contribution in [0.4, 0.5) is 0 Å². The molecule has 0 fully saturated rings. The molecule has 8 heteroatoms. The second-order valence-corrected chi connectivity index (χ2v) is 5.41. The summed E-state index contributed by atoms with van der Waals surface area (Å²) in [6.45, 7) is 0. The van der Waals surface area contributed by atoms with Crippen molar-refractivity contribution in [2.75, 3.05) is 7.11 Å². The maximum atomic E-state index is 12.1. The van der Waals surface area contributed by atoms with Crippen molar-refractivity contribution < 1.29 is 14.3 Å². The number of esters is 1. The van der Waals surface area contributed by atoms with E-state index in [0.717, 1.165) is 4.88 Å². The molecule has 0 aliphatic rings. The average molecular weight is 326 g/mol. The second-order valence-electron chi connectivity index (χ2n) is 4.05. The van der Waals surface area contributed by atoms with Crippen molar-refractivity contribution >= 4 is 34.8 Å². The summed E-state index contributed by atoms with van der Waals surface area (Å²) in [7, 11) is 1.31. The van der Waals surface area contributed by atoms with Crippen molar-refractivity contribution in [3.05, 3.63) is 45.6 Å². The van der Waals surface area contributed by atoms with E-state index < -0.39 is 17.9 Å². The third-order valence-corrected chi connectivity index (χ3v) is 3.82. The Kier molecular flexibility index (Phi) is 5.24. The van der Waals surface area contributed by atoms with Gasteiger partial charge in [0.1, 0.15) is 10.8 Å². The van der Waals surface area contributed by atoms with Crippen molar-refractivity contribution in [1.29, 1.82) is 0 Å². The highest BCUT2D eigenvalue weighted by molar-refractivity contribution is 7.10. The van der Waals surface area contributed by atoms with E-state index in [9.17, 15) is 9.59 Å². The molecule has 0 spiro atoms. The molecule has 0 saturated heterocycles. The van der Waals surface area contributed by atoms with Gasteiger partial charge in [-0.3, -0.25) is 9.59 Å². The molecule has 0 radical (unpaired) electrons. The maximum Gasteiger partial charge on any atom is 0.307 e. The number of carbonyl (C=O) groups excluding carboxylic acids is 2. The zero-order valence-corrected chi connectivity index (χ0v) is 12.6. The monoisotopic (exact) mass is 325 g/mol. The van der Waals surface area contributed by atoms with Crippen molar-refractivity contribution in [2.45, 2.75) is 12.5 Å². The Balaban J connectivity index is 2.12. The van der Waals surface area contributed by atoms with Gasteiger partial charge in [0.25, 0.3) is 5.91 Å². The molecule has 1 atom stereocenters. The van der Waals surface area contributed by atoms with Crippen molar-refractivity contribution in [1.82, 2.24) is 15.3 Å². The van der Waals surface area contributed by atoms with Gasteiger partial charge >= 0.3 is 5.97 Å². The van der Waals surface area contributed by atoms with Gasteiger partial charge in [-0.1, -0.05) is 17.7 Å². The molecule has 1 amide bonds. The number of hydrogen-bond donors (Lipinski definition) is 1. The molecule has 0 aliphatic heterocycles. The van der Waals surface area contributed by atoms with Gasteiger partial charge in [-0.15, -0.1) is 11.3 Å². The van der Waals surface area contributed by atoms with E-state index in [1.807, 2.05) is 17.5 Å². The van der Waals surface area contributed by atoms with Crippen LogP contribution in [0.15, 0.2) is 29.9 Å². The van der Waals surface area contributed by atoms with Crippen LogP contribution in [0.3, 0.4) is 0 Å². The molecule has 1 N–H and O–H groups in total. The number of rotatable bonds is 5. The molecule has 2 aromatic rings. The number of halogens is 1. The number of carbonyl (C=O) groups is 2. The highest BCUT2D eigenvalue weighted by atomic mass is 35.5. The summed E-state index contributed by atoms with van der Waals surface area (Å²) in [6, 6.07) is 3.22. The molecule has 110 valence electrons. The van der Waals surface area contributed by atoms with Crippen molar-refractivity contribution in [2.24, 2.45) is 0 Å².